The minimum absolute atomic E-state index is 0.226. The molecule has 0 spiro atoms. The highest BCUT2D eigenvalue weighted by Gasteiger charge is 2.16. The lowest BCUT2D eigenvalue weighted by molar-refractivity contribution is 0.0977. The molecule has 2 aliphatic rings. The first-order valence-corrected chi connectivity index (χ1v) is 8.49. The third kappa shape index (κ3) is 4.14. The summed E-state index contributed by atoms with van der Waals surface area (Å²) >= 11 is 0. The van der Waals surface area contributed by atoms with Gasteiger partial charge in [0.05, 0.1) is 12.2 Å². The Morgan fingerprint density at radius 1 is 1.22 bits per heavy atom. The van der Waals surface area contributed by atoms with Crippen molar-refractivity contribution in [2.45, 2.75) is 6.92 Å². The van der Waals surface area contributed by atoms with Gasteiger partial charge in [0, 0.05) is 25.0 Å². The van der Waals surface area contributed by atoms with Crippen LogP contribution in [0.2, 0.25) is 0 Å². The number of rotatable bonds is 2. The van der Waals surface area contributed by atoms with Crippen LogP contribution in [0.15, 0.2) is 76.1 Å². The van der Waals surface area contributed by atoms with Crippen LogP contribution in [0.5, 0.6) is 0 Å². The Morgan fingerprint density at radius 2 is 1.93 bits per heavy atom. The molecule has 3 rings (SSSR count). The smallest absolute Gasteiger partial charge is 0.256 e. The summed E-state index contributed by atoms with van der Waals surface area (Å²) in [4.78, 5) is 22.7. The maximum atomic E-state index is 12.5. The van der Waals surface area contributed by atoms with E-state index < -0.39 is 0 Å². The number of amides is 1. The van der Waals surface area contributed by atoms with Crippen LogP contribution >= 0.6 is 0 Å². The number of allylic oxidation sites excluding steroid dienone is 2. The van der Waals surface area contributed by atoms with Crippen molar-refractivity contribution in [3.05, 3.63) is 77.3 Å². The lowest BCUT2D eigenvalue weighted by atomic mass is 10.1. The number of benzene rings is 1. The van der Waals surface area contributed by atoms with Crippen molar-refractivity contribution in [1.29, 1.82) is 0 Å². The Morgan fingerprint density at radius 3 is 2.63 bits per heavy atom. The fourth-order valence-electron chi connectivity index (χ4n) is 2.76. The van der Waals surface area contributed by atoms with Crippen LogP contribution in [0, 0.1) is 0 Å². The monoisotopic (exact) mass is 362 g/mol. The molecule has 0 saturated heterocycles. The SMILES string of the molecule is CC1=CC(NC(=O)c2ccc(/C(N)=C3\C(N)=NC=CN3C)cc2)=NCC=C1. The number of carbonyl (C=O) groups is 1. The number of aliphatic imine (C=N–C) groups is 2. The molecule has 0 aromatic heterocycles. The summed E-state index contributed by atoms with van der Waals surface area (Å²) in [5.41, 5.74) is 15.6. The Kier molecular flexibility index (Phi) is 5.21. The summed E-state index contributed by atoms with van der Waals surface area (Å²) in [5.74, 6) is 0.672. The van der Waals surface area contributed by atoms with Crippen LogP contribution in [0.1, 0.15) is 22.8 Å². The molecule has 27 heavy (non-hydrogen) atoms. The van der Waals surface area contributed by atoms with E-state index in [0.29, 0.717) is 35.2 Å². The van der Waals surface area contributed by atoms with E-state index in [1.807, 2.05) is 37.1 Å². The number of amidine groups is 2. The summed E-state index contributed by atoms with van der Waals surface area (Å²) < 4.78 is 0. The van der Waals surface area contributed by atoms with E-state index >= 15 is 0 Å². The number of carbonyl (C=O) groups excluding carboxylic acids is 1. The molecule has 2 aliphatic heterocycles. The first-order chi connectivity index (χ1) is 13.0. The molecule has 1 aromatic carbocycles. The van der Waals surface area contributed by atoms with Crippen LogP contribution < -0.4 is 16.8 Å². The van der Waals surface area contributed by atoms with Gasteiger partial charge in [-0.15, -0.1) is 0 Å². The molecule has 2 heterocycles. The van der Waals surface area contributed by atoms with Crippen LogP contribution in [0.4, 0.5) is 0 Å². The minimum atomic E-state index is -0.226. The van der Waals surface area contributed by atoms with Gasteiger partial charge in [0.25, 0.3) is 5.91 Å². The Hall–Kier alpha value is -3.61. The van der Waals surface area contributed by atoms with E-state index in [4.69, 9.17) is 11.5 Å². The maximum Gasteiger partial charge on any atom is 0.256 e. The molecule has 0 aliphatic carbocycles. The second kappa shape index (κ2) is 7.74. The molecular weight excluding hydrogens is 340 g/mol. The lowest BCUT2D eigenvalue weighted by Gasteiger charge is -2.23. The first kappa shape index (κ1) is 18.2. The van der Waals surface area contributed by atoms with Gasteiger partial charge in [-0.3, -0.25) is 9.79 Å². The molecule has 0 unspecified atom stereocenters. The third-order valence-corrected chi connectivity index (χ3v) is 4.17. The van der Waals surface area contributed by atoms with Gasteiger partial charge in [-0.05, 0) is 36.3 Å². The molecule has 0 fully saturated rings. The molecule has 0 atom stereocenters. The molecular formula is C20H22N6O. The second-order valence-corrected chi connectivity index (χ2v) is 6.23. The van der Waals surface area contributed by atoms with Gasteiger partial charge in [0.2, 0.25) is 0 Å². The van der Waals surface area contributed by atoms with Crippen LogP contribution in [0.25, 0.3) is 5.70 Å². The molecule has 0 radical (unpaired) electrons. The molecule has 7 nitrogen and oxygen atoms in total. The second-order valence-electron chi connectivity index (χ2n) is 6.23. The number of nitrogens with two attached hydrogens (primary N) is 2. The van der Waals surface area contributed by atoms with Crippen LogP contribution in [-0.2, 0) is 0 Å². The lowest BCUT2D eigenvalue weighted by Crippen LogP contribution is -2.30. The van der Waals surface area contributed by atoms with Gasteiger partial charge < -0.3 is 21.7 Å². The van der Waals surface area contributed by atoms with Crippen molar-refractivity contribution in [2.24, 2.45) is 21.5 Å². The van der Waals surface area contributed by atoms with Crippen LogP contribution in [-0.4, -0.2) is 36.1 Å². The summed E-state index contributed by atoms with van der Waals surface area (Å²) in [5, 5.41) is 2.83. The van der Waals surface area contributed by atoms with Crippen molar-refractivity contribution in [2.75, 3.05) is 13.6 Å². The zero-order valence-electron chi connectivity index (χ0n) is 15.3. The van der Waals surface area contributed by atoms with E-state index in [2.05, 4.69) is 15.3 Å². The maximum absolute atomic E-state index is 12.5. The molecule has 5 N–H and O–H groups in total. The molecule has 1 amide bonds. The standard InChI is InChI=1S/C20H22N6O/c1-13-4-3-9-23-16(12-13)25-20(27)15-7-5-14(6-8-15)17(21)18-19(22)24-10-11-26(18)2/h3-8,10-12H,9,21H2,1-2H3,(H2,22,24)(H,23,25,27)/b18-17-. The number of likely N-dealkylation sites (N-methyl/N-ethyl adjacent to an activating group) is 1. The van der Waals surface area contributed by atoms with E-state index in [0.717, 1.165) is 11.1 Å². The predicted molar refractivity (Wildman–Crippen MR) is 109 cm³/mol. The summed E-state index contributed by atoms with van der Waals surface area (Å²) in [6.45, 7) is 2.50. The quantitative estimate of drug-likeness (QED) is 0.744. The Labute approximate surface area is 158 Å². The highest BCUT2D eigenvalue weighted by atomic mass is 16.1. The van der Waals surface area contributed by atoms with Crippen molar-refractivity contribution >= 4 is 23.3 Å². The van der Waals surface area contributed by atoms with E-state index in [9.17, 15) is 4.79 Å². The predicted octanol–water partition coefficient (Wildman–Crippen LogP) is 1.73. The average Bonchev–Trinajstić information content (AvgIpc) is 2.85. The number of nitrogens with zero attached hydrogens (tertiary/aromatic N) is 3. The number of hydrogen-bond donors (Lipinski definition) is 3. The molecule has 0 saturated carbocycles. The Bertz CT molecular complexity index is 932. The molecule has 7 heteroatoms. The first-order valence-electron chi connectivity index (χ1n) is 8.49. The molecule has 138 valence electrons. The summed E-state index contributed by atoms with van der Waals surface area (Å²) in [6.07, 6.45) is 9.15. The normalized spacial score (nSPS) is 18.3. The Balaban J connectivity index is 1.78. The topological polar surface area (TPSA) is 109 Å². The fraction of sp³-hybridized carbons (Fsp3) is 0.150. The average molecular weight is 362 g/mol. The zero-order valence-corrected chi connectivity index (χ0v) is 15.3. The third-order valence-electron chi connectivity index (χ3n) is 4.17. The van der Waals surface area contributed by atoms with E-state index in [-0.39, 0.29) is 5.91 Å². The largest absolute Gasteiger partial charge is 0.396 e. The van der Waals surface area contributed by atoms with Gasteiger partial charge in [-0.2, -0.15) is 0 Å². The van der Waals surface area contributed by atoms with Gasteiger partial charge in [-0.1, -0.05) is 24.3 Å². The van der Waals surface area contributed by atoms with Crippen molar-refractivity contribution < 1.29 is 4.79 Å². The zero-order chi connectivity index (χ0) is 19.4. The number of nitrogens with one attached hydrogen (secondary N) is 1. The van der Waals surface area contributed by atoms with Crippen molar-refractivity contribution in [3.8, 4) is 0 Å². The highest BCUT2D eigenvalue weighted by Crippen LogP contribution is 2.19. The highest BCUT2D eigenvalue weighted by molar-refractivity contribution is 6.10. The van der Waals surface area contributed by atoms with Gasteiger partial charge in [0.1, 0.15) is 17.4 Å². The molecule has 1 aromatic rings. The minimum Gasteiger partial charge on any atom is -0.396 e. The van der Waals surface area contributed by atoms with Gasteiger partial charge in [-0.25, -0.2) is 4.99 Å². The van der Waals surface area contributed by atoms with E-state index in [1.165, 1.54) is 0 Å². The summed E-state index contributed by atoms with van der Waals surface area (Å²) in [6, 6.07) is 7.01. The molecule has 0 bridgehead atoms. The van der Waals surface area contributed by atoms with Crippen molar-refractivity contribution in [3.63, 3.8) is 0 Å². The van der Waals surface area contributed by atoms with Gasteiger partial charge >= 0.3 is 0 Å². The van der Waals surface area contributed by atoms with Gasteiger partial charge in [0.15, 0.2) is 0 Å². The van der Waals surface area contributed by atoms with E-state index in [1.54, 1.807) is 36.7 Å². The van der Waals surface area contributed by atoms with Crippen LogP contribution in [0.3, 0.4) is 0 Å². The fourth-order valence-corrected chi connectivity index (χ4v) is 2.76. The van der Waals surface area contributed by atoms with Crippen molar-refractivity contribution in [1.82, 2.24) is 10.2 Å². The number of hydrogen-bond acceptors (Lipinski definition) is 6. The summed E-state index contributed by atoms with van der Waals surface area (Å²) in [7, 11) is 1.85.